The fourth-order valence-electron chi connectivity index (χ4n) is 2.87. The van der Waals surface area contributed by atoms with Crippen LogP contribution >= 0.6 is 27.5 Å². The molecule has 1 aliphatic carbocycles. The molecule has 2 aromatic rings. The van der Waals surface area contributed by atoms with Crippen molar-refractivity contribution in [3.63, 3.8) is 0 Å². The van der Waals surface area contributed by atoms with Gasteiger partial charge < -0.3 is 5.32 Å². The van der Waals surface area contributed by atoms with Crippen molar-refractivity contribution in [2.24, 2.45) is 0 Å². The minimum atomic E-state index is 0.460. The van der Waals surface area contributed by atoms with Crippen molar-refractivity contribution in [1.82, 2.24) is 0 Å². The number of para-hydroxylation sites is 1. The van der Waals surface area contributed by atoms with Crippen molar-refractivity contribution in [2.45, 2.75) is 32.2 Å². The number of anilines is 1. The van der Waals surface area contributed by atoms with Crippen LogP contribution in [-0.4, -0.2) is 6.04 Å². The quantitative estimate of drug-likeness (QED) is 0.766. The summed E-state index contributed by atoms with van der Waals surface area (Å²) in [5.74, 6) is 0. The highest BCUT2D eigenvalue weighted by molar-refractivity contribution is 9.10. The van der Waals surface area contributed by atoms with Crippen LogP contribution < -0.4 is 5.32 Å². The van der Waals surface area contributed by atoms with E-state index in [1.165, 1.54) is 21.2 Å². The maximum absolute atomic E-state index is 6.30. The normalized spacial score (nSPS) is 17.6. The summed E-state index contributed by atoms with van der Waals surface area (Å²) >= 11 is 9.85. The van der Waals surface area contributed by atoms with Gasteiger partial charge in [-0.05, 0) is 61.1 Å². The van der Waals surface area contributed by atoms with Crippen LogP contribution in [0.4, 0.5) is 5.69 Å². The van der Waals surface area contributed by atoms with Gasteiger partial charge in [-0.15, -0.1) is 0 Å². The van der Waals surface area contributed by atoms with Crippen LogP contribution in [0.2, 0.25) is 5.02 Å². The third-order valence-corrected chi connectivity index (χ3v) is 4.78. The molecule has 0 bridgehead atoms. The SMILES string of the molecule is Cc1cccc(Cl)c1NC1CCc2cc(Br)ccc2C1. The Labute approximate surface area is 133 Å². The van der Waals surface area contributed by atoms with Gasteiger partial charge in [0, 0.05) is 10.5 Å². The van der Waals surface area contributed by atoms with E-state index in [0.29, 0.717) is 6.04 Å². The molecule has 0 radical (unpaired) electrons. The molecule has 1 nitrogen and oxygen atoms in total. The van der Waals surface area contributed by atoms with Crippen LogP contribution in [0.5, 0.6) is 0 Å². The molecule has 0 saturated heterocycles. The van der Waals surface area contributed by atoms with E-state index in [-0.39, 0.29) is 0 Å². The second-order valence-corrected chi connectivity index (χ2v) is 6.75. The first-order chi connectivity index (χ1) is 9.63. The minimum absolute atomic E-state index is 0.460. The maximum Gasteiger partial charge on any atom is 0.0640 e. The molecular weight excluding hydrogens is 334 g/mol. The number of hydrogen-bond donors (Lipinski definition) is 1. The Morgan fingerprint density at radius 1 is 1.20 bits per heavy atom. The minimum Gasteiger partial charge on any atom is -0.381 e. The predicted molar refractivity (Wildman–Crippen MR) is 89.8 cm³/mol. The smallest absolute Gasteiger partial charge is 0.0640 e. The van der Waals surface area contributed by atoms with E-state index >= 15 is 0 Å². The van der Waals surface area contributed by atoms with E-state index in [1.54, 1.807) is 0 Å². The Kier molecular flexibility index (Phi) is 4.04. The van der Waals surface area contributed by atoms with Crippen LogP contribution in [0.25, 0.3) is 0 Å². The third kappa shape index (κ3) is 2.87. The van der Waals surface area contributed by atoms with Gasteiger partial charge in [-0.2, -0.15) is 0 Å². The van der Waals surface area contributed by atoms with Crippen LogP contribution in [0.15, 0.2) is 40.9 Å². The van der Waals surface area contributed by atoms with E-state index in [2.05, 4.69) is 52.4 Å². The molecule has 3 rings (SSSR count). The fourth-order valence-corrected chi connectivity index (χ4v) is 3.55. The monoisotopic (exact) mass is 349 g/mol. The van der Waals surface area contributed by atoms with Crippen molar-refractivity contribution in [3.8, 4) is 0 Å². The van der Waals surface area contributed by atoms with Crippen molar-refractivity contribution < 1.29 is 0 Å². The summed E-state index contributed by atoms with van der Waals surface area (Å²) < 4.78 is 1.17. The number of benzene rings is 2. The van der Waals surface area contributed by atoms with Crippen molar-refractivity contribution >= 4 is 33.2 Å². The van der Waals surface area contributed by atoms with Crippen molar-refractivity contribution in [3.05, 3.63) is 62.6 Å². The molecule has 1 unspecified atom stereocenters. The lowest BCUT2D eigenvalue weighted by Gasteiger charge is -2.27. The largest absolute Gasteiger partial charge is 0.381 e. The van der Waals surface area contributed by atoms with Crippen molar-refractivity contribution in [2.75, 3.05) is 5.32 Å². The third-order valence-electron chi connectivity index (χ3n) is 3.97. The lowest BCUT2D eigenvalue weighted by Crippen LogP contribution is -2.27. The molecule has 104 valence electrons. The Hall–Kier alpha value is -0.990. The van der Waals surface area contributed by atoms with E-state index in [4.69, 9.17) is 11.6 Å². The summed E-state index contributed by atoms with van der Waals surface area (Å²) in [4.78, 5) is 0. The Bertz CT molecular complexity index is 619. The highest BCUT2D eigenvalue weighted by Crippen LogP contribution is 2.30. The summed E-state index contributed by atoms with van der Waals surface area (Å²) in [7, 11) is 0. The molecule has 0 amide bonds. The van der Waals surface area contributed by atoms with Gasteiger partial charge in [-0.1, -0.05) is 45.7 Å². The van der Waals surface area contributed by atoms with E-state index in [1.807, 2.05) is 12.1 Å². The average Bonchev–Trinajstić information content (AvgIpc) is 2.43. The van der Waals surface area contributed by atoms with E-state index in [9.17, 15) is 0 Å². The first-order valence-electron chi connectivity index (χ1n) is 6.92. The van der Waals surface area contributed by atoms with E-state index in [0.717, 1.165) is 30.0 Å². The molecule has 0 aromatic heterocycles. The average molecular weight is 351 g/mol. The second kappa shape index (κ2) is 5.79. The van der Waals surface area contributed by atoms with Crippen LogP contribution in [-0.2, 0) is 12.8 Å². The predicted octanol–water partition coefficient (Wildman–Crippen LogP) is 5.38. The zero-order valence-electron chi connectivity index (χ0n) is 11.4. The van der Waals surface area contributed by atoms with Gasteiger partial charge in [0.15, 0.2) is 0 Å². The number of rotatable bonds is 2. The van der Waals surface area contributed by atoms with Crippen LogP contribution in [0.1, 0.15) is 23.1 Å². The molecule has 0 spiro atoms. The summed E-state index contributed by atoms with van der Waals surface area (Å²) in [5.41, 5.74) is 5.20. The number of halogens is 2. The van der Waals surface area contributed by atoms with Gasteiger partial charge in [0.1, 0.15) is 0 Å². The Balaban J connectivity index is 1.79. The van der Waals surface area contributed by atoms with Gasteiger partial charge in [-0.25, -0.2) is 0 Å². The first-order valence-corrected chi connectivity index (χ1v) is 8.09. The molecule has 1 N–H and O–H groups in total. The molecule has 0 heterocycles. The number of nitrogens with one attached hydrogen (secondary N) is 1. The maximum atomic E-state index is 6.30. The molecule has 1 aliphatic rings. The summed E-state index contributed by atoms with van der Waals surface area (Å²) in [6.45, 7) is 2.10. The Morgan fingerprint density at radius 2 is 2.05 bits per heavy atom. The molecule has 0 fully saturated rings. The van der Waals surface area contributed by atoms with E-state index < -0.39 is 0 Å². The van der Waals surface area contributed by atoms with Gasteiger partial charge in [0.05, 0.1) is 10.7 Å². The second-order valence-electron chi connectivity index (χ2n) is 5.43. The number of fused-ring (bicyclic) bond motifs is 1. The van der Waals surface area contributed by atoms with Crippen LogP contribution in [0.3, 0.4) is 0 Å². The molecular formula is C17H17BrClN. The standard InChI is InChI=1S/C17H17BrClN/c1-11-3-2-4-16(19)17(11)20-15-8-6-12-9-14(18)7-5-13(12)10-15/h2-5,7,9,15,20H,6,8,10H2,1H3. The zero-order chi connectivity index (χ0) is 14.1. The van der Waals surface area contributed by atoms with Gasteiger partial charge >= 0.3 is 0 Å². The summed E-state index contributed by atoms with van der Waals surface area (Å²) in [6.07, 6.45) is 3.33. The Morgan fingerprint density at radius 3 is 2.85 bits per heavy atom. The molecule has 2 aromatic carbocycles. The zero-order valence-corrected chi connectivity index (χ0v) is 13.8. The highest BCUT2D eigenvalue weighted by Gasteiger charge is 2.19. The van der Waals surface area contributed by atoms with Gasteiger partial charge in [0.2, 0.25) is 0 Å². The van der Waals surface area contributed by atoms with Crippen molar-refractivity contribution in [1.29, 1.82) is 0 Å². The molecule has 1 atom stereocenters. The number of hydrogen-bond acceptors (Lipinski definition) is 1. The topological polar surface area (TPSA) is 12.0 Å². The molecule has 3 heteroatoms. The summed E-state index contributed by atoms with van der Waals surface area (Å²) in [5, 5.41) is 4.44. The molecule has 20 heavy (non-hydrogen) atoms. The lowest BCUT2D eigenvalue weighted by molar-refractivity contribution is 0.610. The van der Waals surface area contributed by atoms with Crippen LogP contribution in [0, 0.1) is 6.92 Å². The lowest BCUT2D eigenvalue weighted by atomic mass is 9.88. The fraction of sp³-hybridized carbons (Fsp3) is 0.294. The first kappa shape index (κ1) is 14.0. The van der Waals surface area contributed by atoms with Gasteiger partial charge in [0.25, 0.3) is 0 Å². The molecule has 0 saturated carbocycles. The van der Waals surface area contributed by atoms with Gasteiger partial charge in [-0.3, -0.25) is 0 Å². The summed E-state index contributed by atoms with van der Waals surface area (Å²) in [6, 6.07) is 13.1. The molecule has 0 aliphatic heterocycles. The number of aryl methyl sites for hydroxylation is 2. The highest BCUT2D eigenvalue weighted by atomic mass is 79.9.